The lowest BCUT2D eigenvalue weighted by Gasteiger charge is -2.08. The number of hydrogen-bond acceptors (Lipinski definition) is 3. The van der Waals surface area contributed by atoms with Crippen molar-refractivity contribution in [2.45, 2.75) is 6.54 Å². The minimum Gasteiger partial charge on any atom is -0.384 e. The Morgan fingerprint density at radius 3 is 2.70 bits per heavy atom. The Morgan fingerprint density at radius 1 is 1.15 bits per heavy atom. The third-order valence-electron chi connectivity index (χ3n) is 3.06. The Balaban J connectivity index is 1.92. The number of imidazole rings is 1. The van der Waals surface area contributed by atoms with E-state index >= 15 is 0 Å². The zero-order chi connectivity index (χ0) is 13.9. The number of rotatable bonds is 3. The third kappa shape index (κ3) is 2.51. The molecule has 0 aliphatic rings. The number of pyridine rings is 1. The number of nitrogen functional groups attached to an aromatic ring is 1. The molecule has 0 saturated heterocycles. The Bertz CT molecular complexity index is 719. The lowest BCUT2D eigenvalue weighted by atomic mass is 10.2. The first-order valence-electron chi connectivity index (χ1n) is 6.19. The highest BCUT2D eigenvalue weighted by molar-refractivity contribution is 5.61. The molecule has 2 heterocycles. The summed E-state index contributed by atoms with van der Waals surface area (Å²) in [6.07, 6.45) is 5.19. The van der Waals surface area contributed by atoms with Crippen LogP contribution in [0.2, 0.25) is 0 Å². The van der Waals surface area contributed by atoms with Gasteiger partial charge >= 0.3 is 0 Å². The van der Waals surface area contributed by atoms with E-state index in [0.29, 0.717) is 12.4 Å². The maximum absolute atomic E-state index is 12.9. The number of aromatic nitrogens is 3. The van der Waals surface area contributed by atoms with Gasteiger partial charge in [-0.05, 0) is 29.8 Å². The smallest absolute Gasteiger partial charge is 0.123 e. The van der Waals surface area contributed by atoms with Gasteiger partial charge in [0.1, 0.15) is 11.6 Å². The second kappa shape index (κ2) is 5.13. The second-order valence-corrected chi connectivity index (χ2v) is 4.50. The fraction of sp³-hybridized carbons (Fsp3) is 0.0667. The highest BCUT2D eigenvalue weighted by Gasteiger charge is 2.06. The predicted octanol–water partition coefficient (Wildman–Crippen LogP) is 2.71. The van der Waals surface area contributed by atoms with Crippen molar-refractivity contribution in [2.24, 2.45) is 0 Å². The van der Waals surface area contributed by atoms with Gasteiger partial charge in [0.05, 0.1) is 18.2 Å². The van der Waals surface area contributed by atoms with E-state index in [1.165, 1.54) is 12.1 Å². The van der Waals surface area contributed by atoms with Crippen LogP contribution >= 0.6 is 0 Å². The van der Waals surface area contributed by atoms with E-state index < -0.39 is 0 Å². The molecule has 100 valence electrons. The number of anilines is 1. The predicted molar refractivity (Wildman–Crippen MR) is 75.4 cm³/mol. The van der Waals surface area contributed by atoms with Crippen LogP contribution in [0.5, 0.6) is 0 Å². The molecule has 0 saturated carbocycles. The first kappa shape index (κ1) is 12.3. The number of hydrogen-bond donors (Lipinski definition) is 1. The molecule has 0 unspecified atom stereocenters. The van der Waals surface area contributed by atoms with Crippen molar-refractivity contribution in [3.63, 3.8) is 0 Å². The van der Waals surface area contributed by atoms with Crippen LogP contribution in [0.25, 0.3) is 11.3 Å². The molecule has 0 aliphatic heterocycles. The van der Waals surface area contributed by atoms with Gasteiger partial charge < -0.3 is 10.3 Å². The SMILES string of the molecule is Nc1cc(-c2cncn2Cc2ccc(F)cc2)ccn1. The molecule has 0 fully saturated rings. The van der Waals surface area contributed by atoms with Gasteiger partial charge in [-0.3, -0.25) is 0 Å². The van der Waals surface area contributed by atoms with Crippen LogP contribution < -0.4 is 5.73 Å². The summed E-state index contributed by atoms with van der Waals surface area (Å²) >= 11 is 0. The minimum absolute atomic E-state index is 0.235. The van der Waals surface area contributed by atoms with Gasteiger partial charge in [-0.25, -0.2) is 14.4 Å². The molecule has 2 aromatic heterocycles. The van der Waals surface area contributed by atoms with E-state index in [9.17, 15) is 4.39 Å². The quantitative estimate of drug-likeness (QED) is 0.794. The normalized spacial score (nSPS) is 10.7. The van der Waals surface area contributed by atoms with Crippen LogP contribution in [0.1, 0.15) is 5.56 Å². The second-order valence-electron chi connectivity index (χ2n) is 4.50. The number of benzene rings is 1. The van der Waals surface area contributed by atoms with Gasteiger partial charge in [-0.1, -0.05) is 12.1 Å². The zero-order valence-electron chi connectivity index (χ0n) is 10.7. The third-order valence-corrected chi connectivity index (χ3v) is 3.06. The van der Waals surface area contributed by atoms with Gasteiger partial charge in [0.15, 0.2) is 0 Å². The lowest BCUT2D eigenvalue weighted by Crippen LogP contribution is -2.01. The van der Waals surface area contributed by atoms with Crippen LogP contribution in [0.15, 0.2) is 55.1 Å². The molecular formula is C15H13FN4. The maximum Gasteiger partial charge on any atom is 0.123 e. The Kier molecular flexibility index (Phi) is 3.16. The van der Waals surface area contributed by atoms with Crippen molar-refractivity contribution >= 4 is 5.82 Å². The molecule has 0 amide bonds. The maximum atomic E-state index is 12.9. The molecule has 1 aromatic carbocycles. The van der Waals surface area contributed by atoms with E-state index in [1.54, 1.807) is 36.9 Å². The van der Waals surface area contributed by atoms with Gasteiger partial charge in [0, 0.05) is 18.3 Å². The van der Waals surface area contributed by atoms with Crippen molar-refractivity contribution in [1.82, 2.24) is 14.5 Å². The van der Waals surface area contributed by atoms with Crippen LogP contribution in [-0.4, -0.2) is 14.5 Å². The van der Waals surface area contributed by atoms with Crippen LogP contribution in [-0.2, 0) is 6.54 Å². The van der Waals surface area contributed by atoms with Crippen molar-refractivity contribution in [3.8, 4) is 11.3 Å². The van der Waals surface area contributed by atoms with Crippen molar-refractivity contribution in [1.29, 1.82) is 0 Å². The fourth-order valence-electron chi connectivity index (χ4n) is 2.08. The summed E-state index contributed by atoms with van der Waals surface area (Å²) in [5.41, 5.74) is 8.61. The van der Waals surface area contributed by atoms with E-state index in [2.05, 4.69) is 9.97 Å². The molecule has 5 heteroatoms. The largest absolute Gasteiger partial charge is 0.384 e. The summed E-state index contributed by atoms with van der Waals surface area (Å²) in [7, 11) is 0. The van der Waals surface area contributed by atoms with E-state index in [1.807, 2.05) is 10.6 Å². The number of nitrogens with two attached hydrogens (primary N) is 1. The molecule has 0 bridgehead atoms. The summed E-state index contributed by atoms with van der Waals surface area (Å²) in [5, 5.41) is 0. The number of halogens is 1. The first-order valence-corrected chi connectivity index (χ1v) is 6.19. The number of nitrogens with zero attached hydrogens (tertiary/aromatic N) is 3. The van der Waals surface area contributed by atoms with Crippen molar-refractivity contribution in [2.75, 3.05) is 5.73 Å². The molecule has 20 heavy (non-hydrogen) atoms. The van der Waals surface area contributed by atoms with Gasteiger partial charge in [-0.15, -0.1) is 0 Å². The average molecular weight is 268 g/mol. The van der Waals surface area contributed by atoms with E-state index in [-0.39, 0.29) is 5.82 Å². The molecule has 0 radical (unpaired) electrons. The molecule has 3 rings (SSSR count). The molecule has 0 atom stereocenters. The summed E-state index contributed by atoms with van der Waals surface area (Å²) in [4.78, 5) is 8.15. The standard InChI is InChI=1S/C15H13FN4/c16-13-3-1-11(2-4-13)9-20-10-18-8-14(20)12-5-6-19-15(17)7-12/h1-8,10H,9H2,(H2,17,19). The average Bonchev–Trinajstić information content (AvgIpc) is 2.89. The summed E-state index contributed by atoms with van der Waals surface area (Å²) in [5.74, 6) is 0.235. The van der Waals surface area contributed by atoms with Crippen molar-refractivity contribution < 1.29 is 4.39 Å². The van der Waals surface area contributed by atoms with Crippen molar-refractivity contribution in [3.05, 3.63) is 66.5 Å². The van der Waals surface area contributed by atoms with Crippen LogP contribution in [0.3, 0.4) is 0 Å². The monoisotopic (exact) mass is 268 g/mol. The molecule has 0 spiro atoms. The molecule has 4 nitrogen and oxygen atoms in total. The fourth-order valence-corrected chi connectivity index (χ4v) is 2.08. The topological polar surface area (TPSA) is 56.7 Å². The van der Waals surface area contributed by atoms with E-state index in [0.717, 1.165) is 16.8 Å². The van der Waals surface area contributed by atoms with E-state index in [4.69, 9.17) is 5.73 Å². The Labute approximate surface area is 115 Å². The van der Waals surface area contributed by atoms with Crippen LogP contribution in [0, 0.1) is 5.82 Å². The molecular weight excluding hydrogens is 255 g/mol. The highest BCUT2D eigenvalue weighted by Crippen LogP contribution is 2.21. The Hall–Kier alpha value is -2.69. The molecule has 0 aliphatic carbocycles. The van der Waals surface area contributed by atoms with Gasteiger partial charge in [-0.2, -0.15) is 0 Å². The molecule has 2 N–H and O–H groups in total. The Morgan fingerprint density at radius 2 is 1.95 bits per heavy atom. The summed E-state index contributed by atoms with van der Waals surface area (Å²) in [6.45, 7) is 0.623. The summed E-state index contributed by atoms with van der Waals surface area (Å²) in [6, 6.07) is 10.1. The lowest BCUT2D eigenvalue weighted by molar-refractivity contribution is 0.626. The zero-order valence-corrected chi connectivity index (χ0v) is 10.7. The highest BCUT2D eigenvalue weighted by atomic mass is 19.1. The molecule has 3 aromatic rings. The first-order chi connectivity index (χ1) is 9.72. The minimum atomic E-state index is -0.235. The van der Waals surface area contributed by atoms with Crippen LogP contribution in [0.4, 0.5) is 10.2 Å². The van der Waals surface area contributed by atoms with Gasteiger partial charge in [0.25, 0.3) is 0 Å². The summed E-state index contributed by atoms with van der Waals surface area (Å²) < 4.78 is 14.9. The van der Waals surface area contributed by atoms with Gasteiger partial charge in [0.2, 0.25) is 0 Å².